The van der Waals surface area contributed by atoms with E-state index in [1.807, 2.05) is 43.3 Å². The van der Waals surface area contributed by atoms with Crippen molar-refractivity contribution in [3.8, 4) is 11.5 Å². The second kappa shape index (κ2) is 8.25. The van der Waals surface area contributed by atoms with Crippen molar-refractivity contribution in [2.45, 2.75) is 20.1 Å². The topological polar surface area (TPSA) is 64.1 Å². The Hall–Kier alpha value is -2.51. The first-order valence-electron chi connectivity index (χ1n) is 7.99. The van der Waals surface area contributed by atoms with Crippen LogP contribution in [0, 0.1) is 11.7 Å². The monoisotopic (exact) mass is 390 g/mol. The third kappa shape index (κ3) is 4.17. The summed E-state index contributed by atoms with van der Waals surface area (Å²) in [7, 11) is 1.60. The van der Waals surface area contributed by atoms with E-state index in [1.54, 1.807) is 17.9 Å². The average Bonchev–Trinajstić information content (AvgIpc) is 2.98. The molecule has 0 bridgehead atoms. The van der Waals surface area contributed by atoms with Crippen molar-refractivity contribution < 1.29 is 9.47 Å². The van der Waals surface area contributed by atoms with Gasteiger partial charge >= 0.3 is 0 Å². The van der Waals surface area contributed by atoms with Crippen molar-refractivity contribution >= 4 is 23.8 Å². The van der Waals surface area contributed by atoms with E-state index in [4.69, 9.17) is 33.3 Å². The van der Waals surface area contributed by atoms with E-state index >= 15 is 0 Å². The van der Waals surface area contributed by atoms with Gasteiger partial charge in [0, 0.05) is 11.1 Å². The molecular formula is C18H19ClN4O2S. The Kier molecular flexibility index (Phi) is 5.80. The van der Waals surface area contributed by atoms with Crippen LogP contribution in [0.15, 0.2) is 42.5 Å². The van der Waals surface area contributed by atoms with E-state index < -0.39 is 0 Å². The SMILES string of the molecule is COc1cc(CNn2c(C)n[nH]c2=S)c(Cl)cc1OCc1ccccc1. The molecule has 0 saturated carbocycles. The Balaban J connectivity index is 1.75. The van der Waals surface area contributed by atoms with Gasteiger partial charge in [-0.05, 0) is 36.3 Å². The van der Waals surface area contributed by atoms with E-state index in [9.17, 15) is 0 Å². The number of halogens is 1. The largest absolute Gasteiger partial charge is 0.493 e. The molecule has 1 heterocycles. The lowest BCUT2D eigenvalue weighted by molar-refractivity contribution is 0.284. The fourth-order valence-corrected chi connectivity index (χ4v) is 2.91. The van der Waals surface area contributed by atoms with E-state index in [0.717, 1.165) is 17.0 Å². The van der Waals surface area contributed by atoms with Crippen molar-refractivity contribution in [3.05, 3.63) is 69.2 Å². The van der Waals surface area contributed by atoms with Crippen LogP contribution in [0.3, 0.4) is 0 Å². The summed E-state index contributed by atoms with van der Waals surface area (Å²) in [5, 5.41) is 7.36. The standard InChI is InChI=1S/C18H19ClN4O2S/c1-12-21-22-18(26)23(12)20-10-14-8-16(24-2)17(9-15(14)19)25-11-13-6-4-3-5-7-13/h3-9,20H,10-11H2,1-2H3,(H,22,26). The first-order chi connectivity index (χ1) is 12.6. The summed E-state index contributed by atoms with van der Waals surface area (Å²) in [5.41, 5.74) is 5.11. The smallest absolute Gasteiger partial charge is 0.214 e. The summed E-state index contributed by atoms with van der Waals surface area (Å²) in [6, 6.07) is 13.5. The predicted octanol–water partition coefficient (Wildman–Crippen LogP) is 4.23. The van der Waals surface area contributed by atoms with Crippen molar-refractivity contribution in [2.75, 3.05) is 12.5 Å². The number of methoxy groups -OCH3 is 1. The average molecular weight is 391 g/mol. The first-order valence-corrected chi connectivity index (χ1v) is 8.78. The molecule has 0 aliphatic rings. The number of aromatic amines is 1. The fraction of sp³-hybridized carbons (Fsp3) is 0.222. The summed E-state index contributed by atoms with van der Waals surface area (Å²) in [5.74, 6) is 1.96. The maximum Gasteiger partial charge on any atom is 0.214 e. The van der Waals surface area contributed by atoms with Gasteiger partial charge in [-0.3, -0.25) is 5.10 Å². The minimum atomic E-state index is 0.439. The molecule has 6 nitrogen and oxygen atoms in total. The molecular weight excluding hydrogens is 372 g/mol. The van der Waals surface area contributed by atoms with Gasteiger partial charge in [0.1, 0.15) is 12.4 Å². The third-order valence-electron chi connectivity index (χ3n) is 3.84. The number of ether oxygens (including phenoxy) is 2. The summed E-state index contributed by atoms with van der Waals surface area (Å²) in [6.45, 7) is 2.75. The van der Waals surface area contributed by atoms with E-state index in [0.29, 0.717) is 34.4 Å². The molecule has 0 unspecified atom stereocenters. The first kappa shape index (κ1) is 18.3. The van der Waals surface area contributed by atoms with Crippen LogP contribution in [0.1, 0.15) is 17.0 Å². The van der Waals surface area contributed by atoms with E-state index in [-0.39, 0.29) is 0 Å². The summed E-state index contributed by atoms with van der Waals surface area (Å²) < 4.78 is 13.5. The number of H-pyrrole nitrogens is 1. The fourth-order valence-electron chi connectivity index (χ4n) is 2.45. The highest BCUT2D eigenvalue weighted by Crippen LogP contribution is 2.34. The molecule has 2 N–H and O–H groups in total. The van der Waals surface area contributed by atoms with Crippen LogP contribution in [0.4, 0.5) is 0 Å². The Bertz CT molecular complexity index is 940. The van der Waals surface area contributed by atoms with Gasteiger partial charge in [-0.15, -0.1) is 0 Å². The summed E-state index contributed by atoms with van der Waals surface area (Å²) in [4.78, 5) is 0. The van der Waals surface area contributed by atoms with Crippen molar-refractivity contribution in [1.29, 1.82) is 0 Å². The quantitative estimate of drug-likeness (QED) is 0.591. The molecule has 136 valence electrons. The molecule has 3 rings (SSSR count). The molecule has 0 saturated heterocycles. The van der Waals surface area contributed by atoms with E-state index in [1.165, 1.54) is 0 Å². The number of rotatable bonds is 7. The normalized spacial score (nSPS) is 10.6. The zero-order chi connectivity index (χ0) is 18.5. The molecule has 0 spiro atoms. The van der Waals surface area contributed by atoms with Gasteiger partial charge < -0.3 is 14.9 Å². The maximum absolute atomic E-state index is 6.43. The molecule has 0 amide bonds. The highest BCUT2D eigenvalue weighted by molar-refractivity contribution is 7.71. The third-order valence-corrected chi connectivity index (χ3v) is 4.46. The molecule has 0 atom stereocenters. The number of nitrogens with one attached hydrogen (secondary N) is 2. The minimum absolute atomic E-state index is 0.439. The molecule has 26 heavy (non-hydrogen) atoms. The molecule has 1 aromatic heterocycles. The number of hydrogen-bond donors (Lipinski definition) is 2. The van der Waals surface area contributed by atoms with Crippen LogP contribution in [0.25, 0.3) is 0 Å². The van der Waals surface area contributed by atoms with E-state index in [2.05, 4.69) is 15.6 Å². The Morgan fingerprint density at radius 2 is 2.00 bits per heavy atom. The van der Waals surface area contributed by atoms with Gasteiger partial charge in [0.05, 0.1) is 13.7 Å². The second-order valence-electron chi connectivity index (χ2n) is 5.62. The van der Waals surface area contributed by atoms with Gasteiger partial charge in [0.2, 0.25) is 4.77 Å². The lowest BCUT2D eigenvalue weighted by atomic mass is 10.2. The zero-order valence-electron chi connectivity index (χ0n) is 14.5. The van der Waals surface area contributed by atoms with Gasteiger partial charge in [0.25, 0.3) is 0 Å². The van der Waals surface area contributed by atoms with Crippen LogP contribution in [-0.2, 0) is 13.2 Å². The van der Waals surface area contributed by atoms with Crippen molar-refractivity contribution in [1.82, 2.24) is 14.9 Å². The molecule has 0 aliphatic carbocycles. The Labute approximate surface area is 161 Å². The summed E-state index contributed by atoms with van der Waals surface area (Å²) >= 11 is 11.6. The minimum Gasteiger partial charge on any atom is -0.493 e. The number of nitrogens with zero attached hydrogens (tertiary/aromatic N) is 2. The number of aryl methyl sites for hydroxylation is 1. The lowest BCUT2D eigenvalue weighted by Crippen LogP contribution is -2.16. The van der Waals surface area contributed by atoms with Crippen LogP contribution >= 0.6 is 23.8 Å². The Morgan fingerprint density at radius 3 is 2.65 bits per heavy atom. The van der Waals surface area contributed by atoms with Gasteiger partial charge in [0.15, 0.2) is 11.5 Å². The Morgan fingerprint density at radius 1 is 1.23 bits per heavy atom. The molecule has 0 fully saturated rings. The van der Waals surface area contributed by atoms with Crippen molar-refractivity contribution in [3.63, 3.8) is 0 Å². The molecule has 0 radical (unpaired) electrons. The predicted molar refractivity (Wildman–Crippen MR) is 104 cm³/mol. The molecule has 3 aromatic rings. The summed E-state index contributed by atoms with van der Waals surface area (Å²) in [6.07, 6.45) is 0. The van der Waals surface area contributed by atoms with Crippen molar-refractivity contribution in [2.24, 2.45) is 0 Å². The molecule has 2 aromatic carbocycles. The van der Waals surface area contributed by atoms with Gasteiger partial charge in [-0.1, -0.05) is 41.9 Å². The van der Waals surface area contributed by atoms with Crippen LogP contribution in [-0.4, -0.2) is 22.0 Å². The molecule has 0 aliphatic heterocycles. The maximum atomic E-state index is 6.43. The van der Waals surface area contributed by atoms with Crippen LogP contribution in [0.2, 0.25) is 5.02 Å². The van der Waals surface area contributed by atoms with Gasteiger partial charge in [-0.2, -0.15) is 5.10 Å². The van der Waals surface area contributed by atoms with Gasteiger partial charge in [-0.25, -0.2) is 4.68 Å². The number of aromatic nitrogens is 3. The van der Waals surface area contributed by atoms with Crippen LogP contribution < -0.4 is 14.9 Å². The van der Waals surface area contributed by atoms with Crippen LogP contribution in [0.5, 0.6) is 11.5 Å². The number of benzene rings is 2. The second-order valence-corrected chi connectivity index (χ2v) is 6.41. The highest BCUT2D eigenvalue weighted by atomic mass is 35.5. The molecule has 8 heteroatoms. The number of hydrogen-bond acceptors (Lipinski definition) is 5. The lowest BCUT2D eigenvalue weighted by Gasteiger charge is -2.15. The zero-order valence-corrected chi connectivity index (χ0v) is 16.0. The highest BCUT2D eigenvalue weighted by Gasteiger charge is 2.12.